The molecule has 124 valence electrons. The molecular formula is C20H21NO3. The molecule has 0 unspecified atom stereocenters. The molecule has 0 saturated carbocycles. The lowest BCUT2D eigenvalue weighted by Gasteiger charge is -2.22. The fourth-order valence-corrected chi connectivity index (χ4v) is 3.17. The van der Waals surface area contributed by atoms with Gasteiger partial charge in [-0.2, -0.15) is 0 Å². The van der Waals surface area contributed by atoms with Gasteiger partial charge in [0.05, 0.1) is 12.1 Å². The molecule has 1 N–H and O–H groups in total. The molecule has 1 aliphatic heterocycles. The molecule has 0 spiro atoms. The number of hydrogen-bond donors (Lipinski definition) is 1. The van der Waals surface area contributed by atoms with E-state index in [4.69, 9.17) is 0 Å². The van der Waals surface area contributed by atoms with Crippen molar-refractivity contribution < 1.29 is 14.7 Å². The molecule has 2 aromatic carbocycles. The monoisotopic (exact) mass is 323 g/mol. The van der Waals surface area contributed by atoms with Gasteiger partial charge in [-0.25, -0.2) is 0 Å². The number of Topliss-reactive ketones (excluding diaryl/α,β-unsaturated/α-hetero) is 1. The lowest BCUT2D eigenvalue weighted by atomic mass is 9.88. The molecule has 1 atom stereocenters. The van der Waals surface area contributed by atoms with Gasteiger partial charge >= 0.3 is 0 Å². The Bertz CT molecular complexity index is 756. The number of rotatable bonds is 6. The minimum Gasteiger partial charge on any atom is -0.375 e. The third kappa shape index (κ3) is 2.74. The zero-order chi connectivity index (χ0) is 17.2. The molecule has 24 heavy (non-hydrogen) atoms. The summed E-state index contributed by atoms with van der Waals surface area (Å²) < 4.78 is 0. The molecule has 0 saturated heterocycles. The van der Waals surface area contributed by atoms with Crippen molar-refractivity contribution in [2.24, 2.45) is 0 Å². The van der Waals surface area contributed by atoms with Crippen LogP contribution in [0, 0.1) is 0 Å². The number of para-hydroxylation sites is 1. The lowest BCUT2D eigenvalue weighted by molar-refractivity contribution is -0.135. The fourth-order valence-electron chi connectivity index (χ4n) is 3.17. The minimum absolute atomic E-state index is 0.237. The molecule has 1 heterocycles. The number of fused-ring (bicyclic) bond motifs is 1. The molecule has 4 nitrogen and oxygen atoms in total. The largest absolute Gasteiger partial charge is 0.375 e. The second-order valence-electron chi connectivity index (χ2n) is 6.15. The Kier molecular flexibility index (Phi) is 4.49. The van der Waals surface area contributed by atoms with Gasteiger partial charge in [0, 0.05) is 17.7 Å². The Hall–Kier alpha value is -2.46. The Morgan fingerprint density at radius 3 is 2.46 bits per heavy atom. The summed E-state index contributed by atoms with van der Waals surface area (Å²) in [5.41, 5.74) is -0.0463. The van der Waals surface area contributed by atoms with E-state index in [1.165, 1.54) is 0 Å². The number of anilines is 1. The molecule has 0 bridgehead atoms. The first kappa shape index (κ1) is 16.4. The summed E-state index contributed by atoms with van der Waals surface area (Å²) >= 11 is 0. The highest BCUT2D eigenvalue weighted by Crippen LogP contribution is 2.42. The predicted molar refractivity (Wildman–Crippen MR) is 93.0 cm³/mol. The van der Waals surface area contributed by atoms with Crippen LogP contribution >= 0.6 is 0 Å². The van der Waals surface area contributed by atoms with Gasteiger partial charge in [0.15, 0.2) is 11.4 Å². The van der Waals surface area contributed by atoms with Crippen LogP contribution in [-0.4, -0.2) is 23.3 Å². The highest BCUT2D eigenvalue weighted by atomic mass is 16.3. The highest BCUT2D eigenvalue weighted by molar-refractivity contribution is 6.10. The van der Waals surface area contributed by atoms with Crippen molar-refractivity contribution in [3.8, 4) is 0 Å². The van der Waals surface area contributed by atoms with Crippen LogP contribution in [-0.2, 0) is 10.4 Å². The fraction of sp³-hybridized carbons (Fsp3) is 0.300. The quantitative estimate of drug-likeness (QED) is 0.830. The van der Waals surface area contributed by atoms with Crippen LogP contribution in [0.15, 0.2) is 54.6 Å². The SMILES string of the molecule is CCCCN1C(=O)[C@@](O)(CC(=O)c2ccccc2)c2ccccc21. The molecule has 4 heteroatoms. The molecule has 3 rings (SSSR count). The molecule has 1 amide bonds. The lowest BCUT2D eigenvalue weighted by Crippen LogP contribution is -2.42. The Labute approximate surface area is 141 Å². The number of amides is 1. The van der Waals surface area contributed by atoms with Gasteiger partial charge in [-0.3, -0.25) is 9.59 Å². The Morgan fingerprint density at radius 1 is 1.08 bits per heavy atom. The topological polar surface area (TPSA) is 57.6 Å². The van der Waals surface area contributed by atoms with Gasteiger partial charge in [-0.1, -0.05) is 61.9 Å². The maximum Gasteiger partial charge on any atom is 0.264 e. The maximum atomic E-state index is 12.9. The molecular weight excluding hydrogens is 302 g/mol. The van der Waals surface area contributed by atoms with Crippen LogP contribution in [0.1, 0.15) is 42.1 Å². The van der Waals surface area contributed by atoms with Crippen molar-refractivity contribution in [3.05, 3.63) is 65.7 Å². The molecule has 0 radical (unpaired) electrons. The number of aliphatic hydroxyl groups is 1. The van der Waals surface area contributed by atoms with E-state index in [0.29, 0.717) is 23.4 Å². The van der Waals surface area contributed by atoms with Crippen molar-refractivity contribution in [1.82, 2.24) is 0 Å². The Balaban J connectivity index is 1.94. The van der Waals surface area contributed by atoms with E-state index in [0.717, 1.165) is 12.8 Å². The van der Waals surface area contributed by atoms with Gasteiger partial charge in [0.25, 0.3) is 5.91 Å². The average molecular weight is 323 g/mol. The van der Waals surface area contributed by atoms with Crippen LogP contribution in [0.25, 0.3) is 0 Å². The molecule has 0 aromatic heterocycles. The molecule has 2 aromatic rings. The van der Waals surface area contributed by atoms with Crippen molar-refractivity contribution >= 4 is 17.4 Å². The molecule has 0 aliphatic carbocycles. The van der Waals surface area contributed by atoms with E-state index in [2.05, 4.69) is 6.92 Å². The second kappa shape index (κ2) is 6.57. The third-order valence-electron chi connectivity index (χ3n) is 4.49. The number of unbranched alkanes of at least 4 members (excludes halogenated alkanes) is 1. The molecule has 0 fully saturated rings. The van der Waals surface area contributed by atoms with Crippen molar-refractivity contribution in [2.45, 2.75) is 31.8 Å². The normalized spacial score (nSPS) is 19.4. The van der Waals surface area contributed by atoms with E-state index < -0.39 is 11.5 Å². The van der Waals surface area contributed by atoms with Crippen LogP contribution in [0.3, 0.4) is 0 Å². The first-order valence-corrected chi connectivity index (χ1v) is 8.30. The number of nitrogens with zero attached hydrogens (tertiary/aromatic N) is 1. The average Bonchev–Trinajstić information content (AvgIpc) is 2.82. The van der Waals surface area contributed by atoms with Crippen LogP contribution in [0.2, 0.25) is 0 Å². The van der Waals surface area contributed by atoms with E-state index in [1.54, 1.807) is 41.3 Å². The van der Waals surface area contributed by atoms with Gasteiger partial charge < -0.3 is 10.0 Å². The van der Waals surface area contributed by atoms with E-state index in [1.807, 2.05) is 18.2 Å². The first-order chi connectivity index (χ1) is 11.6. The van der Waals surface area contributed by atoms with Crippen molar-refractivity contribution in [3.63, 3.8) is 0 Å². The third-order valence-corrected chi connectivity index (χ3v) is 4.49. The molecule has 1 aliphatic rings. The zero-order valence-electron chi connectivity index (χ0n) is 13.7. The zero-order valence-corrected chi connectivity index (χ0v) is 13.7. The van der Waals surface area contributed by atoms with Crippen LogP contribution in [0.5, 0.6) is 0 Å². The van der Waals surface area contributed by atoms with Gasteiger partial charge in [0.1, 0.15) is 0 Å². The summed E-state index contributed by atoms with van der Waals surface area (Å²) in [6.07, 6.45) is 1.56. The summed E-state index contributed by atoms with van der Waals surface area (Å²) in [6.45, 7) is 2.60. The number of carbonyl (C=O) groups excluding carboxylic acids is 2. The van der Waals surface area contributed by atoms with Crippen LogP contribution in [0.4, 0.5) is 5.69 Å². The highest BCUT2D eigenvalue weighted by Gasteiger charge is 2.50. The van der Waals surface area contributed by atoms with E-state index in [9.17, 15) is 14.7 Å². The number of hydrogen-bond acceptors (Lipinski definition) is 3. The van der Waals surface area contributed by atoms with Gasteiger partial charge in [0.2, 0.25) is 0 Å². The Morgan fingerprint density at radius 2 is 1.75 bits per heavy atom. The maximum absolute atomic E-state index is 12.9. The smallest absolute Gasteiger partial charge is 0.264 e. The summed E-state index contributed by atoms with van der Waals surface area (Å²) in [6, 6.07) is 16.0. The summed E-state index contributed by atoms with van der Waals surface area (Å²) in [7, 11) is 0. The van der Waals surface area contributed by atoms with Gasteiger partial charge in [-0.05, 0) is 12.5 Å². The number of ketones is 1. The van der Waals surface area contributed by atoms with Crippen molar-refractivity contribution in [1.29, 1.82) is 0 Å². The van der Waals surface area contributed by atoms with E-state index >= 15 is 0 Å². The van der Waals surface area contributed by atoms with E-state index in [-0.39, 0.29) is 12.2 Å². The van der Waals surface area contributed by atoms with Crippen molar-refractivity contribution in [2.75, 3.05) is 11.4 Å². The first-order valence-electron chi connectivity index (χ1n) is 8.30. The minimum atomic E-state index is -1.78. The summed E-state index contributed by atoms with van der Waals surface area (Å²) in [4.78, 5) is 27.0. The predicted octanol–water partition coefficient (Wildman–Crippen LogP) is 3.29. The number of benzene rings is 2. The second-order valence-corrected chi connectivity index (χ2v) is 6.15. The van der Waals surface area contributed by atoms with Crippen LogP contribution < -0.4 is 4.90 Å². The van der Waals surface area contributed by atoms with Gasteiger partial charge in [-0.15, -0.1) is 0 Å². The summed E-state index contributed by atoms with van der Waals surface area (Å²) in [5.74, 6) is -0.639. The number of carbonyl (C=O) groups is 2. The standard InChI is InChI=1S/C20H21NO3/c1-2-3-13-21-17-12-8-7-11-16(17)20(24,19(21)23)14-18(22)15-9-5-4-6-10-15/h4-12,24H,2-3,13-14H2,1H3/t20-/m1/s1. The summed E-state index contributed by atoms with van der Waals surface area (Å²) in [5, 5.41) is 11.1.